The lowest BCUT2D eigenvalue weighted by atomic mass is 10.1. The van der Waals surface area contributed by atoms with Gasteiger partial charge in [-0.15, -0.1) is 5.10 Å². The highest BCUT2D eigenvalue weighted by atomic mass is 16.2. The SMILES string of the molecule is Cc1cccc(-n2nc(Cn3cncn3)nc2CN2CCCCC2=O)c1C. The fourth-order valence-corrected chi connectivity index (χ4v) is 3.38. The van der Waals surface area contributed by atoms with Crippen LogP contribution in [0.3, 0.4) is 0 Å². The summed E-state index contributed by atoms with van der Waals surface area (Å²) in [6.45, 7) is 5.85. The summed E-state index contributed by atoms with van der Waals surface area (Å²) in [5, 5.41) is 8.86. The number of likely N-dealkylation sites (tertiary alicyclic amines) is 1. The highest BCUT2D eigenvalue weighted by molar-refractivity contribution is 5.76. The number of amides is 1. The van der Waals surface area contributed by atoms with Crippen LogP contribution < -0.4 is 0 Å². The summed E-state index contributed by atoms with van der Waals surface area (Å²) in [7, 11) is 0. The highest BCUT2D eigenvalue weighted by Gasteiger charge is 2.22. The van der Waals surface area contributed by atoms with Gasteiger partial charge in [0.15, 0.2) is 11.6 Å². The van der Waals surface area contributed by atoms with Crippen LogP contribution in [-0.4, -0.2) is 46.9 Å². The lowest BCUT2D eigenvalue weighted by Crippen LogP contribution is -2.35. The molecule has 0 radical (unpaired) electrons. The molecule has 0 saturated carbocycles. The Kier molecular flexibility index (Phi) is 4.70. The van der Waals surface area contributed by atoms with Gasteiger partial charge in [0.1, 0.15) is 19.2 Å². The number of aryl methyl sites for hydroxylation is 1. The zero-order chi connectivity index (χ0) is 18.8. The number of rotatable bonds is 5. The molecule has 0 bridgehead atoms. The monoisotopic (exact) mass is 365 g/mol. The van der Waals surface area contributed by atoms with E-state index in [2.05, 4.69) is 30.0 Å². The van der Waals surface area contributed by atoms with Crippen LogP contribution in [0, 0.1) is 13.8 Å². The Bertz CT molecular complexity index is 945. The second kappa shape index (κ2) is 7.30. The van der Waals surface area contributed by atoms with E-state index in [0.29, 0.717) is 25.3 Å². The quantitative estimate of drug-likeness (QED) is 0.691. The number of carbonyl (C=O) groups excluding carboxylic acids is 1. The molecule has 1 aliphatic heterocycles. The van der Waals surface area contributed by atoms with Gasteiger partial charge in [0.25, 0.3) is 0 Å². The molecular formula is C19H23N7O. The van der Waals surface area contributed by atoms with E-state index >= 15 is 0 Å². The molecule has 0 unspecified atom stereocenters. The Hall–Kier alpha value is -3.03. The number of aromatic nitrogens is 6. The molecule has 1 fully saturated rings. The van der Waals surface area contributed by atoms with Crippen LogP contribution in [-0.2, 0) is 17.9 Å². The first kappa shape index (κ1) is 17.4. The molecule has 1 aliphatic rings. The average Bonchev–Trinajstić information content (AvgIpc) is 3.30. The third-order valence-electron chi connectivity index (χ3n) is 5.05. The highest BCUT2D eigenvalue weighted by Crippen LogP contribution is 2.21. The normalized spacial score (nSPS) is 14.7. The Morgan fingerprint density at radius 3 is 2.81 bits per heavy atom. The van der Waals surface area contributed by atoms with Crippen molar-refractivity contribution in [1.82, 2.24) is 34.4 Å². The van der Waals surface area contributed by atoms with Crippen molar-refractivity contribution in [2.24, 2.45) is 0 Å². The van der Waals surface area contributed by atoms with Gasteiger partial charge in [-0.25, -0.2) is 19.3 Å². The van der Waals surface area contributed by atoms with E-state index in [0.717, 1.165) is 36.5 Å². The molecule has 1 aromatic carbocycles. The number of hydrogen-bond acceptors (Lipinski definition) is 5. The number of benzene rings is 1. The summed E-state index contributed by atoms with van der Waals surface area (Å²) in [4.78, 5) is 22.9. The van der Waals surface area contributed by atoms with Crippen LogP contribution in [0.2, 0.25) is 0 Å². The van der Waals surface area contributed by atoms with Gasteiger partial charge in [0, 0.05) is 13.0 Å². The van der Waals surface area contributed by atoms with E-state index in [9.17, 15) is 4.79 Å². The van der Waals surface area contributed by atoms with Crippen molar-refractivity contribution in [3.63, 3.8) is 0 Å². The number of piperidine rings is 1. The minimum absolute atomic E-state index is 0.189. The summed E-state index contributed by atoms with van der Waals surface area (Å²) in [6, 6.07) is 6.14. The average molecular weight is 365 g/mol. The standard InChI is InChI=1S/C19H23N7O/c1-14-6-5-7-16(15(14)2)26-18(11-24-9-4-3-8-19(24)27)22-17(23-26)10-25-13-20-12-21-25/h5-7,12-13H,3-4,8-11H2,1-2H3. The van der Waals surface area contributed by atoms with Crippen molar-refractivity contribution in [3.8, 4) is 5.69 Å². The first-order valence-corrected chi connectivity index (χ1v) is 9.23. The van der Waals surface area contributed by atoms with Crippen molar-refractivity contribution in [1.29, 1.82) is 0 Å². The van der Waals surface area contributed by atoms with Crippen molar-refractivity contribution in [3.05, 3.63) is 53.6 Å². The maximum Gasteiger partial charge on any atom is 0.222 e. The van der Waals surface area contributed by atoms with Gasteiger partial charge >= 0.3 is 0 Å². The van der Waals surface area contributed by atoms with Crippen LogP contribution >= 0.6 is 0 Å². The fourth-order valence-electron chi connectivity index (χ4n) is 3.38. The number of nitrogens with zero attached hydrogens (tertiary/aromatic N) is 7. The van der Waals surface area contributed by atoms with E-state index in [1.54, 1.807) is 11.0 Å². The van der Waals surface area contributed by atoms with Crippen molar-refractivity contribution < 1.29 is 4.79 Å². The minimum atomic E-state index is 0.189. The van der Waals surface area contributed by atoms with Gasteiger partial charge in [-0.3, -0.25) is 4.79 Å². The zero-order valence-electron chi connectivity index (χ0n) is 15.7. The lowest BCUT2D eigenvalue weighted by Gasteiger charge is -2.26. The predicted molar refractivity (Wildman–Crippen MR) is 99.2 cm³/mol. The van der Waals surface area contributed by atoms with Gasteiger partial charge in [-0.1, -0.05) is 12.1 Å². The topological polar surface area (TPSA) is 81.7 Å². The van der Waals surface area contributed by atoms with E-state index in [1.165, 1.54) is 11.9 Å². The van der Waals surface area contributed by atoms with Crippen LogP contribution in [0.1, 0.15) is 42.0 Å². The molecule has 0 spiro atoms. The minimum Gasteiger partial charge on any atom is -0.335 e. The smallest absolute Gasteiger partial charge is 0.222 e. The van der Waals surface area contributed by atoms with Gasteiger partial charge in [-0.05, 0) is 43.9 Å². The molecule has 1 amide bonds. The van der Waals surface area contributed by atoms with E-state index in [-0.39, 0.29) is 5.91 Å². The summed E-state index contributed by atoms with van der Waals surface area (Å²) in [6.07, 6.45) is 5.76. The van der Waals surface area contributed by atoms with Gasteiger partial charge in [0.05, 0.1) is 12.2 Å². The summed E-state index contributed by atoms with van der Waals surface area (Å²) in [5.41, 5.74) is 3.34. The van der Waals surface area contributed by atoms with Crippen LogP contribution in [0.15, 0.2) is 30.9 Å². The molecule has 27 heavy (non-hydrogen) atoms. The van der Waals surface area contributed by atoms with Crippen molar-refractivity contribution >= 4 is 5.91 Å². The molecule has 0 aliphatic carbocycles. The van der Waals surface area contributed by atoms with Gasteiger partial charge in [-0.2, -0.15) is 5.10 Å². The molecule has 3 heterocycles. The molecule has 1 saturated heterocycles. The molecule has 0 N–H and O–H groups in total. The van der Waals surface area contributed by atoms with Gasteiger partial charge < -0.3 is 4.90 Å². The fraction of sp³-hybridized carbons (Fsp3) is 0.421. The summed E-state index contributed by atoms with van der Waals surface area (Å²) < 4.78 is 3.56. The summed E-state index contributed by atoms with van der Waals surface area (Å²) >= 11 is 0. The molecule has 8 nitrogen and oxygen atoms in total. The Morgan fingerprint density at radius 2 is 2.04 bits per heavy atom. The Morgan fingerprint density at radius 1 is 1.15 bits per heavy atom. The first-order chi connectivity index (χ1) is 13.1. The molecular weight excluding hydrogens is 342 g/mol. The molecule has 3 aromatic rings. The van der Waals surface area contributed by atoms with E-state index < -0.39 is 0 Å². The van der Waals surface area contributed by atoms with Crippen LogP contribution in [0.5, 0.6) is 0 Å². The van der Waals surface area contributed by atoms with E-state index in [1.807, 2.05) is 21.7 Å². The third kappa shape index (κ3) is 3.60. The predicted octanol–water partition coefficient (Wildman–Crippen LogP) is 2.04. The third-order valence-corrected chi connectivity index (χ3v) is 5.05. The molecule has 140 valence electrons. The largest absolute Gasteiger partial charge is 0.335 e. The maximum absolute atomic E-state index is 12.3. The second-order valence-corrected chi connectivity index (χ2v) is 6.94. The Labute approximate surface area is 157 Å². The van der Waals surface area contributed by atoms with Crippen LogP contribution in [0.25, 0.3) is 5.69 Å². The Balaban J connectivity index is 1.71. The van der Waals surface area contributed by atoms with Crippen LogP contribution in [0.4, 0.5) is 0 Å². The maximum atomic E-state index is 12.3. The van der Waals surface area contributed by atoms with Crippen molar-refractivity contribution in [2.45, 2.75) is 46.2 Å². The molecule has 0 atom stereocenters. The van der Waals surface area contributed by atoms with Crippen molar-refractivity contribution in [2.75, 3.05) is 6.54 Å². The lowest BCUT2D eigenvalue weighted by molar-refractivity contribution is -0.134. The summed E-state index contributed by atoms with van der Waals surface area (Å²) in [5.74, 6) is 1.62. The first-order valence-electron chi connectivity index (χ1n) is 9.23. The second-order valence-electron chi connectivity index (χ2n) is 6.94. The number of carbonyl (C=O) groups is 1. The number of hydrogen-bond donors (Lipinski definition) is 0. The zero-order valence-corrected chi connectivity index (χ0v) is 15.7. The molecule has 4 rings (SSSR count). The van der Waals surface area contributed by atoms with E-state index in [4.69, 9.17) is 10.1 Å². The molecule has 8 heteroatoms. The molecule has 2 aromatic heterocycles. The van der Waals surface area contributed by atoms with Gasteiger partial charge in [0.2, 0.25) is 5.91 Å².